The van der Waals surface area contributed by atoms with Crippen molar-refractivity contribution >= 4 is 0 Å². The van der Waals surface area contributed by atoms with Crippen LogP contribution in [0.3, 0.4) is 0 Å². The minimum absolute atomic E-state index is 1.23. The van der Waals surface area contributed by atoms with Crippen molar-refractivity contribution < 1.29 is 4.57 Å². The van der Waals surface area contributed by atoms with Gasteiger partial charge in [-0.1, -0.05) is 239 Å². The molecule has 2 heteroatoms. The first-order chi connectivity index (χ1) is 24.8. The van der Waals surface area contributed by atoms with Crippen molar-refractivity contribution in [1.29, 1.82) is 0 Å². The average Bonchev–Trinajstić information content (AvgIpc) is 3.51. The molecule has 0 amide bonds. The molecule has 0 saturated carbocycles. The zero-order chi connectivity index (χ0) is 35.8. The molecule has 1 rings (SSSR count). The molecule has 0 unspecified atom stereocenters. The van der Waals surface area contributed by atoms with Crippen molar-refractivity contribution in [1.82, 2.24) is 4.57 Å². The van der Waals surface area contributed by atoms with Crippen molar-refractivity contribution in [2.45, 2.75) is 291 Å². The summed E-state index contributed by atoms with van der Waals surface area (Å²) in [6, 6.07) is 0. The van der Waals surface area contributed by atoms with Gasteiger partial charge in [0.05, 0.1) is 13.1 Å². The summed E-state index contributed by atoms with van der Waals surface area (Å²) in [5.41, 5.74) is 0. The molecule has 0 bridgehead atoms. The van der Waals surface area contributed by atoms with Crippen LogP contribution in [0, 0.1) is 0 Å². The highest BCUT2D eigenvalue weighted by Gasteiger charge is 2.16. The third kappa shape index (κ3) is 30.8. The van der Waals surface area contributed by atoms with Gasteiger partial charge in [0.2, 0.25) is 0 Å². The quantitative estimate of drug-likeness (QED) is 0.0474. The number of aromatic nitrogens is 2. The molecule has 0 aliphatic carbocycles. The maximum Gasteiger partial charge on any atom is 0.256 e. The van der Waals surface area contributed by atoms with Crippen molar-refractivity contribution in [3.63, 3.8) is 0 Å². The predicted molar refractivity (Wildman–Crippen MR) is 225 cm³/mol. The molecule has 0 aromatic carbocycles. The van der Waals surface area contributed by atoms with Crippen LogP contribution in [0.4, 0.5) is 0 Å². The molecule has 296 valence electrons. The van der Waals surface area contributed by atoms with Gasteiger partial charge in [0, 0.05) is 6.42 Å². The van der Waals surface area contributed by atoms with Crippen LogP contribution in [-0.2, 0) is 19.5 Å². The summed E-state index contributed by atoms with van der Waals surface area (Å²) in [7, 11) is 0. The van der Waals surface area contributed by atoms with Gasteiger partial charge in [-0.25, -0.2) is 9.13 Å². The van der Waals surface area contributed by atoms with E-state index in [1.807, 2.05) is 0 Å². The number of hydrogen-bond acceptors (Lipinski definition) is 0. The van der Waals surface area contributed by atoms with Crippen LogP contribution in [-0.4, -0.2) is 4.57 Å². The fourth-order valence-electron chi connectivity index (χ4n) is 8.09. The minimum Gasteiger partial charge on any atom is -0.234 e. The number of nitrogens with zero attached hydrogens (tertiary/aromatic N) is 2. The van der Waals surface area contributed by atoms with E-state index in [-0.39, 0.29) is 0 Å². The zero-order valence-electron chi connectivity index (χ0n) is 35.2. The number of unbranched alkanes of at least 4 members (excludes halogenated alkanes) is 36. The number of imidazole rings is 1. The Morgan fingerprint density at radius 1 is 0.340 bits per heavy atom. The second-order valence-corrected chi connectivity index (χ2v) is 16.6. The lowest BCUT2D eigenvalue weighted by atomic mass is 10.0. The van der Waals surface area contributed by atoms with Crippen LogP contribution in [0.15, 0.2) is 12.4 Å². The summed E-state index contributed by atoms with van der Waals surface area (Å²) in [5, 5.41) is 0. The summed E-state index contributed by atoms with van der Waals surface area (Å²) in [6.45, 7) is 9.42. The van der Waals surface area contributed by atoms with Gasteiger partial charge >= 0.3 is 0 Å². The molecule has 1 aromatic heterocycles. The lowest BCUT2D eigenvalue weighted by Crippen LogP contribution is -2.37. The molecule has 0 aliphatic rings. The van der Waals surface area contributed by atoms with Gasteiger partial charge in [0.25, 0.3) is 5.82 Å². The molecule has 0 radical (unpaired) electrons. The van der Waals surface area contributed by atoms with Crippen LogP contribution in [0.5, 0.6) is 0 Å². The van der Waals surface area contributed by atoms with E-state index >= 15 is 0 Å². The molecular formula is C48H95N2+. The molecular weight excluding hydrogens is 605 g/mol. The van der Waals surface area contributed by atoms with Gasteiger partial charge in [-0.3, -0.25) is 0 Å². The molecule has 0 aliphatic heterocycles. The lowest BCUT2D eigenvalue weighted by molar-refractivity contribution is -0.704. The van der Waals surface area contributed by atoms with Gasteiger partial charge in [0.1, 0.15) is 12.4 Å². The van der Waals surface area contributed by atoms with E-state index in [2.05, 4.69) is 42.3 Å². The largest absolute Gasteiger partial charge is 0.256 e. The molecule has 1 aromatic rings. The van der Waals surface area contributed by atoms with E-state index in [4.69, 9.17) is 0 Å². The summed E-state index contributed by atoms with van der Waals surface area (Å²) in [6.07, 6.45) is 62.4. The van der Waals surface area contributed by atoms with Gasteiger partial charge < -0.3 is 0 Å². The van der Waals surface area contributed by atoms with Gasteiger partial charge in [-0.15, -0.1) is 0 Å². The maximum absolute atomic E-state index is 2.64. The first kappa shape index (κ1) is 47.2. The normalized spacial score (nSPS) is 11.7. The Hall–Kier alpha value is -0.790. The number of hydrogen-bond donors (Lipinski definition) is 0. The van der Waals surface area contributed by atoms with Gasteiger partial charge in [-0.05, 0) is 32.1 Å². The van der Waals surface area contributed by atoms with E-state index in [0.717, 1.165) is 0 Å². The Balaban J connectivity index is 2.10. The van der Waals surface area contributed by atoms with Crippen LogP contribution < -0.4 is 4.57 Å². The fraction of sp³-hybridized carbons (Fsp3) is 0.938. The van der Waals surface area contributed by atoms with Gasteiger partial charge in [-0.2, -0.15) is 0 Å². The monoisotopic (exact) mass is 700 g/mol. The summed E-state index contributed by atoms with van der Waals surface area (Å²) < 4.78 is 5.28. The molecule has 2 nitrogen and oxygen atoms in total. The SMILES string of the molecule is CCCCCCCCCCCCCCCCCCCn1cc[n+](CCCCCCCCCCCCCCCCCCC)c1CCCCCCC. The number of rotatable bonds is 42. The van der Waals surface area contributed by atoms with E-state index in [0.29, 0.717) is 0 Å². The minimum atomic E-state index is 1.23. The van der Waals surface area contributed by atoms with E-state index in [1.54, 1.807) is 5.82 Å². The zero-order valence-corrected chi connectivity index (χ0v) is 35.2. The molecule has 1 heterocycles. The fourth-order valence-corrected chi connectivity index (χ4v) is 8.09. The Labute approximate surface area is 317 Å². The van der Waals surface area contributed by atoms with Crippen molar-refractivity contribution in [2.24, 2.45) is 0 Å². The second-order valence-electron chi connectivity index (χ2n) is 16.6. The first-order valence-electron chi connectivity index (χ1n) is 23.9. The molecule has 0 atom stereocenters. The second kappa shape index (κ2) is 39.4. The van der Waals surface area contributed by atoms with Crippen LogP contribution >= 0.6 is 0 Å². The summed E-state index contributed by atoms with van der Waals surface area (Å²) >= 11 is 0. The smallest absolute Gasteiger partial charge is 0.234 e. The van der Waals surface area contributed by atoms with Crippen molar-refractivity contribution in [3.8, 4) is 0 Å². The molecule has 0 spiro atoms. The molecule has 0 saturated heterocycles. The third-order valence-corrected chi connectivity index (χ3v) is 11.6. The van der Waals surface area contributed by atoms with Crippen molar-refractivity contribution in [3.05, 3.63) is 18.2 Å². The van der Waals surface area contributed by atoms with E-state index in [9.17, 15) is 0 Å². The number of aryl methyl sites for hydroxylation is 2. The first-order valence-corrected chi connectivity index (χ1v) is 23.9. The van der Waals surface area contributed by atoms with E-state index in [1.165, 1.54) is 270 Å². The molecule has 0 N–H and O–H groups in total. The van der Waals surface area contributed by atoms with E-state index < -0.39 is 0 Å². The predicted octanol–water partition coefficient (Wildman–Crippen LogP) is 16.6. The standard InChI is InChI=1S/C48H95N2/c1-4-7-10-13-15-17-19-21-23-25-27-29-31-33-35-38-41-44-49-46-47-50(48(49)43-40-37-12-9-6-3)45-42-39-36-34-32-30-28-26-24-22-20-18-16-14-11-8-5-2/h46-47H,4-45H2,1-3H3/q+1. The highest BCUT2D eigenvalue weighted by atomic mass is 15.1. The third-order valence-electron chi connectivity index (χ3n) is 11.6. The van der Waals surface area contributed by atoms with Crippen LogP contribution in [0.25, 0.3) is 0 Å². The molecule has 0 fully saturated rings. The lowest BCUT2D eigenvalue weighted by Gasteiger charge is -2.07. The average molecular weight is 700 g/mol. The molecule has 50 heavy (non-hydrogen) atoms. The summed E-state index contributed by atoms with van der Waals surface area (Å²) in [5.74, 6) is 1.62. The van der Waals surface area contributed by atoms with Crippen LogP contribution in [0.1, 0.15) is 277 Å². The summed E-state index contributed by atoms with van der Waals surface area (Å²) in [4.78, 5) is 0. The van der Waals surface area contributed by atoms with Crippen LogP contribution in [0.2, 0.25) is 0 Å². The Kier molecular flexibility index (Phi) is 37.2. The Morgan fingerprint density at radius 3 is 0.960 bits per heavy atom. The topological polar surface area (TPSA) is 8.81 Å². The Morgan fingerprint density at radius 2 is 0.620 bits per heavy atom. The highest BCUT2D eigenvalue weighted by Crippen LogP contribution is 2.17. The van der Waals surface area contributed by atoms with Gasteiger partial charge in [0.15, 0.2) is 0 Å². The Bertz CT molecular complexity index is 711. The maximum atomic E-state index is 2.64. The van der Waals surface area contributed by atoms with Crippen molar-refractivity contribution in [2.75, 3.05) is 0 Å². The highest BCUT2D eigenvalue weighted by molar-refractivity contribution is 4.84.